The van der Waals surface area contributed by atoms with Gasteiger partial charge >= 0.3 is 6.09 Å². The molecule has 5 rings (SSSR count). The number of ether oxygens (including phenoxy) is 2. The predicted octanol–water partition coefficient (Wildman–Crippen LogP) is 5.75. The van der Waals surface area contributed by atoms with E-state index in [1.165, 1.54) is 4.90 Å². The minimum Gasteiger partial charge on any atom is -0.492 e. The molecule has 2 aromatic carbocycles. The summed E-state index contributed by atoms with van der Waals surface area (Å²) < 4.78 is 16.8. The smallest absolute Gasteiger partial charge is 0.407 e. The van der Waals surface area contributed by atoms with Crippen molar-refractivity contribution in [3.8, 4) is 16.2 Å². The highest BCUT2D eigenvalue weighted by Crippen LogP contribution is 2.30. The second-order valence-corrected chi connectivity index (χ2v) is 16.2. The number of carbonyl (C=O) groups is 4. The van der Waals surface area contributed by atoms with Crippen LogP contribution in [-0.4, -0.2) is 82.3 Å². The van der Waals surface area contributed by atoms with E-state index in [2.05, 4.69) is 20.9 Å². The fourth-order valence-corrected chi connectivity index (χ4v) is 6.89. The van der Waals surface area contributed by atoms with Crippen LogP contribution in [0.5, 0.6) is 5.75 Å². The number of nitrogens with zero attached hydrogens (tertiary/aromatic N) is 2. The molecule has 1 fully saturated rings. The molecular weight excluding hydrogens is 699 g/mol. The molecule has 0 aliphatic carbocycles. The van der Waals surface area contributed by atoms with Crippen molar-refractivity contribution in [1.29, 1.82) is 0 Å². The van der Waals surface area contributed by atoms with Crippen LogP contribution in [0.1, 0.15) is 82.7 Å². The first-order valence-electron chi connectivity index (χ1n) is 17.6. The van der Waals surface area contributed by atoms with Crippen LogP contribution in [0.3, 0.4) is 0 Å². The van der Waals surface area contributed by atoms with Crippen molar-refractivity contribution >= 4 is 46.1 Å². The molecule has 0 saturated carbocycles. The molecule has 0 radical (unpaired) electrons. The van der Waals surface area contributed by atoms with E-state index in [0.717, 1.165) is 21.7 Å². The Kier molecular flexibility index (Phi) is 11.8. The van der Waals surface area contributed by atoms with Gasteiger partial charge in [-0.3, -0.25) is 14.4 Å². The molecule has 4 N–H and O–H groups in total. The van der Waals surface area contributed by atoms with Crippen molar-refractivity contribution in [2.45, 2.75) is 91.6 Å². The molecule has 0 spiro atoms. The number of carbonyl (C=O) groups excluding carboxylic acids is 4. The van der Waals surface area contributed by atoms with Crippen molar-refractivity contribution < 1.29 is 38.2 Å². The van der Waals surface area contributed by atoms with Crippen LogP contribution in [0.2, 0.25) is 0 Å². The van der Waals surface area contributed by atoms with Crippen molar-refractivity contribution in [1.82, 2.24) is 25.8 Å². The van der Waals surface area contributed by atoms with E-state index in [1.807, 2.05) is 64.4 Å². The number of amides is 4. The molecule has 4 amide bonds. The summed E-state index contributed by atoms with van der Waals surface area (Å²) in [5, 5.41) is 19.7. The SMILES string of the molecule is Cc1ncsc1-c1ccc([C@H](C)NC(=O)[C@@H]2C[C@@H](O)CN2C(=O)[C@@H](NC(=O)c2cc3cc(OCCNC(=O)OC(C)(C)C)ccc3o2)C(C)(C)C)cc1. The second kappa shape index (κ2) is 16.0. The Balaban J connectivity index is 1.22. The highest BCUT2D eigenvalue weighted by Gasteiger charge is 2.45. The lowest BCUT2D eigenvalue weighted by molar-refractivity contribution is -0.142. The number of fused-ring (bicyclic) bond motifs is 1. The molecular formula is C39H49N5O8S. The van der Waals surface area contributed by atoms with Crippen LogP contribution in [0.25, 0.3) is 21.4 Å². The molecule has 0 bridgehead atoms. The van der Waals surface area contributed by atoms with Gasteiger partial charge in [0.05, 0.1) is 34.8 Å². The van der Waals surface area contributed by atoms with Crippen molar-refractivity contribution in [2.75, 3.05) is 19.7 Å². The fourth-order valence-electron chi connectivity index (χ4n) is 6.08. The molecule has 3 heterocycles. The highest BCUT2D eigenvalue weighted by molar-refractivity contribution is 7.13. The maximum atomic E-state index is 14.1. The van der Waals surface area contributed by atoms with Gasteiger partial charge in [-0.05, 0) is 75.4 Å². The molecule has 1 saturated heterocycles. The lowest BCUT2D eigenvalue weighted by Crippen LogP contribution is -2.57. The van der Waals surface area contributed by atoms with Gasteiger partial charge in [0.2, 0.25) is 11.8 Å². The summed E-state index contributed by atoms with van der Waals surface area (Å²) in [5.41, 5.74) is 3.78. The molecule has 284 valence electrons. The monoisotopic (exact) mass is 747 g/mol. The van der Waals surface area contributed by atoms with E-state index in [0.29, 0.717) is 16.7 Å². The number of β-amino-alcohol motifs (C(OH)–C–C–N with tert-alkyl or cyclic N) is 1. The number of nitrogens with one attached hydrogen (secondary N) is 3. The Labute approximate surface area is 313 Å². The summed E-state index contributed by atoms with van der Waals surface area (Å²) in [7, 11) is 0. The largest absolute Gasteiger partial charge is 0.492 e. The summed E-state index contributed by atoms with van der Waals surface area (Å²) in [4.78, 5) is 60.0. The molecule has 1 aliphatic heterocycles. The number of furan rings is 1. The van der Waals surface area contributed by atoms with E-state index in [-0.39, 0.29) is 43.8 Å². The Morgan fingerprint density at radius 1 is 1.04 bits per heavy atom. The third-order valence-corrected chi connectivity index (χ3v) is 9.76. The van der Waals surface area contributed by atoms with Gasteiger partial charge in [0.1, 0.15) is 35.6 Å². The van der Waals surface area contributed by atoms with Gasteiger partial charge in [-0.25, -0.2) is 9.78 Å². The highest BCUT2D eigenvalue weighted by atomic mass is 32.1. The number of aromatic nitrogens is 1. The lowest BCUT2D eigenvalue weighted by Gasteiger charge is -2.35. The van der Waals surface area contributed by atoms with Crippen molar-refractivity contribution in [3.05, 3.63) is 71.1 Å². The van der Waals surface area contributed by atoms with Gasteiger partial charge in [-0.1, -0.05) is 45.0 Å². The number of benzene rings is 2. The van der Waals surface area contributed by atoms with Crippen molar-refractivity contribution in [2.24, 2.45) is 5.41 Å². The number of likely N-dealkylation sites (tertiary alicyclic amines) is 1. The first-order chi connectivity index (χ1) is 24.9. The maximum Gasteiger partial charge on any atom is 0.407 e. The van der Waals surface area contributed by atoms with Gasteiger partial charge in [0.15, 0.2) is 5.76 Å². The Morgan fingerprint density at radius 3 is 2.40 bits per heavy atom. The van der Waals surface area contributed by atoms with E-state index in [4.69, 9.17) is 13.9 Å². The molecule has 4 atom stereocenters. The fraction of sp³-hybridized carbons (Fsp3) is 0.462. The van der Waals surface area contributed by atoms with Crippen LogP contribution in [0.4, 0.5) is 4.79 Å². The topological polar surface area (TPSA) is 172 Å². The summed E-state index contributed by atoms with van der Waals surface area (Å²) in [6.45, 7) is 15.0. The molecule has 4 aromatic rings. The summed E-state index contributed by atoms with van der Waals surface area (Å²) >= 11 is 1.57. The average molecular weight is 748 g/mol. The number of aryl methyl sites for hydroxylation is 1. The summed E-state index contributed by atoms with van der Waals surface area (Å²) in [6, 6.07) is 12.2. The number of hydrogen-bond acceptors (Lipinski definition) is 10. The number of aliphatic hydroxyl groups is 1. The van der Waals surface area contributed by atoms with E-state index in [9.17, 15) is 24.3 Å². The number of alkyl carbamates (subject to hydrolysis) is 1. The number of thiazole rings is 1. The molecule has 1 aliphatic rings. The van der Waals surface area contributed by atoms with Crippen LogP contribution in [0, 0.1) is 12.3 Å². The normalized spacial score (nSPS) is 17.3. The van der Waals surface area contributed by atoms with Crippen molar-refractivity contribution in [3.63, 3.8) is 0 Å². The first kappa shape index (κ1) is 39.3. The van der Waals surface area contributed by atoms with Gasteiger partial charge in [0.25, 0.3) is 5.91 Å². The zero-order valence-electron chi connectivity index (χ0n) is 31.4. The zero-order chi connectivity index (χ0) is 38.7. The Hall–Kier alpha value is -4.95. The Morgan fingerprint density at radius 2 is 1.75 bits per heavy atom. The maximum absolute atomic E-state index is 14.1. The van der Waals surface area contributed by atoms with Gasteiger partial charge < -0.3 is 39.8 Å². The summed E-state index contributed by atoms with van der Waals surface area (Å²) in [6.07, 6.45) is -1.37. The van der Waals surface area contributed by atoms with Crippen LogP contribution in [0.15, 0.2) is 58.5 Å². The quantitative estimate of drug-likeness (QED) is 0.139. The molecule has 14 heteroatoms. The second-order valence-electron chi connectivity index (χ2n) is 15.4. The third-order valence-electron chi connectivity index (χ3n) is 8.78. The number of hydrogen-bond donors (Lipinski definition) is 4. The number of rotatable bonds is 11. The van der Waals surface area contributed by atoms with Crippen LogP contribution >= 0.6 is 11.3 Å². The first-order valence-corrected chi connectivity index (χ1v) is 18.5. The number of aliphatic hydroxyl groups excluding tert-OH is 1. The van der Waals surface area contributed by atoms with Gasteiger partial charge in [-0.2, -0.15) is 0 Å². The van der Waals surface area contributed by atoms with Crippen LogP contribution < -0.4 is 20.7 Å². The standard InChI is InChI=1S/C39H49N5O8S/c1-22(24-9-11-25(12-10-24)32-23(2)41-21-53-32)42-34(46)29-19-27(45)20-44(29)36(48)33(38(3,4)5)43-35(47)31-18-26-17-28(13-14-30(26)51-31)50-16-15-40-37(49)52-39(6,7)8/h9-14,17-18,21-22,27,29,33,45H,15-16,19-20H2,1-8H3,(H,40,49)(H,42,46)(H,43,47)/t22-,27+,29-,33+/m0/s1. The van der Waals surface area contributed by atoms with Crippen LogP contribution in [-0.2, 0) is 14.3 Å². The molecule has 53 heavy (non-hydrogen) atoms. The third kappa shape index (κ3) is 9.93. The predicted molar refractivity (Wildman–Crippen MR) is 202 cm³/mol. The minimum absolute atomic E-state index is 0.00751. The minimum atomic E-state index is -1.04. The van der Waals surface area contributed by atoms with E-state index < -0.39 is 47.1 Å². The van der Waals surface area contributed by atoms with E-state index in [1.54, 1.807) is 56.4 Å². The molecule has 13 nitrogen and oxygen atoms in total. The zero-order valence-corrected chi connectivity index (χ0v) is 32.3. The molecule has 0 unspecified atom stereocenters. The lowest BCUT2D eigenvalue weighted by atomic mass is 9.85. The average Bonchev–Trinajstić information content (AvgIpc) is 3.81. The Bertz CT molecular complexity index is 1940. The van der Waals surface area contributed by atoms with Gasteiger partial charge in [-0.15, -0.1) is 11.3 Å². The van der Waals surface area contributed by atoms with E-state index >= 15 is 0 Å². The van der Waals surface area contributed by atoms with Gasteiger partial charge in [0, 0.05) is 18.4 Å². The molecule has 2 aromatic heterocycles. The summed E-state index contributed by atoms with van der Waals surface area (Å²) in [5.74, 6) is -0.976.